The molecule has 1 unspecified atom stereocenters. The highest BCUT2D eigenvalue weighted by atomic mass is 15.3. The average molecular weight is 335 g/mol. The van der Waals surface area contributed by atoms with Crippen LogP contribution in [-0.4, -0.2) is 21.7 Å². The minimum atomic E-state index is 0.383. The number of aromatic amines is 1. The summed E-state index contributed by atoms with van der Waals surface area (Å²) in [4.78, 5) is 4.49. The Hall–Kier alpha value is -2.66. The molecule has 5 nitrogen and oxygen atoms in total. The monoisotopic (exact) mass is 335 g/mol. The van der Waals surface area contributed by atoms with Crippen LogP contribution in [-0.2, 0) is 6.42 Å². The summed E-state index contributed by atoms with van der Waals surface area (Å²) >= 11 is 0. The summed E-state index contributed by atoms with van der Waals surface area (Å²) in [6, 6.07) is 20.9. The van der Waals surface area contributed by atoms with Gasteiger partial charge in [0, 0.05) is 18.2 Å². The quantitative estimate of drug-likeness (QED) is 0.512. The molecule has 0 fully saturated rings. The first-order valence-corrected chi connectivity index (χ1v) is 8.83. The molecule has 0 bridgehead atoms. The number of anilines is 2. The Bertz CT molecular complexity index is 739. The highest BCUT2D eigenvalue weighted by Gasteiger charge is 2.05. The Morgan fingerprint density at radius 1 is 0.960 bits per heavy atom. The summed E-state index contributed by atoms with van der Waals surface area (Å²) < 4.78 is 0. The van der Waals surface area contributed by atoms with E-state index in [0.717, 1.165) is 37.3 Å². The molecule has 0 saturated heterocycles. The molecule has 0 aliphatic heterocycles. The van der Waals surface area contributed by atoms with E-state index in [-0.39, 0.29) is 0 Å². The SMILES string of the molecule is CC(NCCCCc1nc(Nc2ccccc2)n[nH]1)c1ccccc1. The number of nitrogens with zero attached hydrogens (tertiary/aromatic N) is 2. The van der Waals surface area contributed by atoms with E-state index in [4.69, 9.17) is 0 Å². The first-order valence-electron chi connectivity index (χ1n) is 8.83. The molecule has 0 aliphatic carbocycles. The molecule has 5 heteroatoms. The number of unbranched alkanes of at least 4 members (excludes halogenated alkanes) is 1. The fourth-order valence-electron chi connectivity index (χ4n) is 2.71. The predicted molar refractivity (Wildman–Crippen MR) is 102 cm³/mol. The third-order valence-electron chi connectivity index (χ3n) is 4.15. The van der Waals surface area contributed by atoms with Crippen molar-refractivity contribution in [1.29, 1.82) is 0 Å². The van der Waals surface area contributed by atoms with Gasteiger partial charge in [-0.25, -0.2) is 0 Å². The topological polar surface area (TPSA) is 65.6 Å². The normalized spacial score (nSPS) is 12.0. The second kappa shape index (κ2) is 8.99. The Kier molecular flexibility index (Phi) is 6.17. The third kappa shape index (κ3) is 5.43. The van der Waals surface area contributed by atoms with Gasteiger partial charge in [0.2, 0.25) is 5.95 Å². The van der Waals surface area contributed by atoms with Crippen molar-refractivity contribution in [2.45, 2.75) is 32.2 Å². The van der Waals surface area contributed by atoms with E-state index in [1.165, 1.54) is 5.56 Å². The van der Waals surface area contributed by atoms with Gasteiger partial charge in [0.05, 0.1) is 0 Å². The smallest absolute Gasteiger partial charge is 0.246 e. The Morgan fingerprint density at radius 3 is 2.44 bits per heavy atom. The highest BCUT2D eigenvalue weighted by molar-refractivity contribution is 5.52. The number of para-hydroxylation sites is 1. The van der Waals surface area contributed by atoms with Crippen LogP contribution in [0.1, 0.15) is 37.2 Å². The third-order valence-corrected chi connectivity index (χ3v) is 4.15. The van der Waals surface area contributed by atoms with Crippen molar-refractivity contribution in [3.8, 4) is 0 Å². The van der Waals surface area contributed by atoms with Crippen molar-refractivity contribution in [3.05, 3.63) is 72.1 Å². The van der Waals surface area contributed by atoms with Gasteiger partial charge in [0.1, 0.15) is 5.82 Å². The van der Waals surface area contributed by atoms with Gasteiger partial charge in [0.15, 0.2) is 0 Å². The summed E-state index contributed by atoms with van der Waals surface area (Å²) in [7, 11) is 0. The molecule has 0 aliphatic rings. The molecular formula is C20H25N5. The maximum absolute atomic E-state index is 4.49. The maximum Gasteiger partial charge on any atom is 0.246 e. The second-order valence-electron chi connectivity index (χ2n) is 6.14. The minimum Gasteiger partial charge on any atom is -0.323 e. The Balaban J connectivity index is 1.35. The molecule has 0 radical (unpaired) electrons. The van der Waals surface area contributed by atoms with Crippen LogP contribution in [0.25, 0.3) is 0 Å². The number of H-pyrrole nitrogens is 1. The molecule has 3 aromatic rings. The number of hydrogen-bond donors (Lipinski definition) is 3. The van der Waals surface area contributed by atoms with E-state index in [1.807, 2.05) is 30.3 Å². The standard InChI is InChI=1S/C20H25N5/c1-16(17-10-4-2-5-11-17)21-15-9-8-14-19-23-20(25-24-19)22-18-12-6-3-7-13-18/h2-7,10-13,16,21H,8-9,14-15H2,1H3,(H2,22,23,24,25). The van der Waals surface area contributed by atoms with E-state index < -0.39 is 0 Å². The number of benzene rings is 2. The molecule has 0 spiro atoms. The summed E-state index contributed by atoms with van der Waals surface area (Å²) in [5.41, 5.74) is 2.32. The van der Waals surface area contributed by atoms with E-state index in [9.17, 15) is 0 Å². The molecule has 25 heavy (non-hydrogen) atoms. The molecular weight excluding hydrogens is 310 g/mol. The van der Waals surface area contributed by atoms with Gasteiger partial charge in [-0.2, -0.15) is 4.98 Å². The molecule has 2 aromatic carbocycles. The zero-order valence-corrected chi connectivity index (χ0v) is 14.6. The number of aryl methyl sites for hydroxylation is 1. The van der Waals surface area contributed by atoms with E-state index >= 15 is 0 Å². The van der Waals surface area contributed by atoms with Crippen molar-refractivity contribution in [2.24, 2.45) is 0 Å². The average Bonchev–Trinajstić information content (AvgIpc) is 3.10. The van der Waals surface area contributed by atoms with Gasteiger partial charge in [-0.3, -0.25) is 5.10 Å². The van der Waals surface area contributed by atoms with Crippen molar-refractivity contribution in [2.75, 3.05) is 11.9 Å². The first-order chi connectivity index (χ1) is 12.3. The van der Waals surface area contributed by atoms with Gasteiger partial charge in [0.25, 0.3) is 0 Å². The van der Waals surface area contributed by atoms with Crippen LogP contribution in [0.2, 0.25) is 0 Å². The van der Waals surface area contributed by atoms with Crippen LogP contribution in [0.3, 0.4) is 0 Å². The number of hydrogen-bond acceptors (Lipinski definition) is 4. The molecule has 130 valence electrons. The highest BCUT2D eigenvalue weighted by Crippen LogP contribution is 2.13. The van der Waals surface area contributed by atoms with Gasteiger partial charge in [-0.05, 0) is 44.0 Å². The fraction of sp³-hybridized carbons (Fsp3) is 0.300. The number of rotatable bonds is 9. The zero-order chi connectivity index (χ0) is 17.3. The second-order valence-corrected chi connectivity index (χ2v) is 6.14. The molecule has 0 amide bonds. The zero-order valence-electron chi connectivity index (χ0n) is 14.6. The van der Waals surface area contributed by atoms with Crippen molar-refractivity contribution in [3.63, 3.8) is 0 Å². The first kappa shape index (κ1) is 17.2. The molecule has 1 heterocycles. The summed E-state index contributed by atoms with van der Waals surface area (Å²) in [5.74, 6) is 1.55. The van der Waals surface area contributed by atoms with Crippen molar-refractivity contribution >= 4 is 11.6 Å². The molecule has 0 saturated carbocycles. The van der Waals surface area contributed by atoms with Gasteiger partial charge >= 0.3 is 0 Å². The molecule has 3 rings (SSSR count). The Labute approximate surface area is 148 Å². The largest absolute Gasteiger partial charge is 0.323 e. The van der Waals surface area contributed by atoms with Gasteiger partial charge in [-0.1, -0.05) is 48.5 Å². The molecule has 3 N–H and O–H groups in total. The van der Waals surface area contributed by atoms with Gasteiger partial charge < -0.3 is 10.6 Å². The van der Waals surface area contributed by atoms with Gasteiger partial charge in [-0.15, -0.1) is 5.10 Å². The fourth-order valence-corrected chi connectivity index (χ4v) is 2.71. The lowest BCUT2D eigenvalue weighted by molar-refractivity contribution is 0.544. The van der Waals surface area contributed by atoms with E-state index in [2.05, 4.69) is 63.1 Å². The van der Waals surface area contributed by atoms with Crippen LogP contribution in [0.15, 0.2) is 60.7 Å². The maximum atomic E-state index is 4.49. The summed E-state index contributed by atoms with van der Waals surface area (Å²) in [5, 5.41) is 14.0. The number of nitrogens with one attached hydrogen (secondary N) is 3. The molecule has 1 aromatic heterocycles. The van der Waals surface area contributed by atoms with Crippen LogP contribution in [0.4, 0.5) is 11.6 Å². The van der Waals surface area contributed by atoms with E-state index in [0.29, 0.717) is 12.0 Å². The number of aromatic nitrogens is 3. The van der Waals surface area contributed by atoms with E-state index in [1.54, 1.807) is 0 Å². The Morgan fingerprint density at radius 2 is 1.68 bits per heavy atom. The van der Waals surface area contributed by atoms with Crippen LogP contribution >= 0.6 is 0 Å². The van der Waals surface area contributed by atoms with Crippen LogP contribution in [0.5, 0.6) is 0 Å². The summed E-state index contributed by atoms with van der Waals surface area (Å²) in [6.45, 7) is 3.20. The lowest BCUT2D eigenvalue weighted by Gasteiger charge is -2.13. The lowest BCUT2D eigenvalue weighted by Crippen LogP contribution is -2.19. The van der Waals surface area contributed by atoms with Crippen molar-refractivity contribution in [1.82, 2.24) is 20.5 Å². The predicted octanol–water partition coefficient (Wildman–Crippen LogP) is 4.22. The minimum absolute atomic E-state index is 0.383. The van der Waals surface area contributed by atoms with Crippen LogP contribution in [0, 0.1) is 0 Å². The summed E-state index contributed by atoms with van der Waals surface area (Å²) in [6.07, 6.45) is 3.10. The van der Waals surface area contributed by atoms with Crippen LogP contribution < -0.4 is 10.6 Å². The molecule has 1 atom stereocenters. The van der Waals surface area contributed by atoms with Crippen molar-refractivity contribution < 1.29 is 0 Å². The lowest BCUT2D eigenvalue weighted by atomic mass is 10.1.